The van der Waals surface area contributed by atoms with Gasteiger partial charge in [0.2, 0.25) is 5.91 Å². The van der Waals surface area contributed by atoms with Crippen LogP contribution in [0.25, 0.3) is 33.3 Å². The second-order valence-electron chi connectivity index (χ2n) is 10.1. The fraction of sp³-hybridized carbons (Fsp3) is 0.345. The first-order chi connectivity index (χ1) is 19.4. The zero-order valence-corrected chi connectivity index (χ0v) is 22.3. The van der Waals surface area contributed by atoms with Crippen molar-refractivity contribution in [3.05, 3.63) is 54.5 Å². The Balaban J connectivity index is 0.00000158. The number of benzene rings is 1. The van der Waals surface area contributed by atoms with Crippen LogP contribution in [0.5, 0.6) is 0 Å². The predicted molar refractivity (Wildman–Crippen MR) is 147 cm³/mol. The number of anilines is 1. The van der Waals surface area contributed by atoms with E-state index < -0.39 is 5.82 Å². The van der Waals surface area contributed by atoms with Crippen LogP contribution in [0.15, 0.2) is 43.0 Å². The lowest BCUT2D eigenvalue weighted by Gasteiger charge is -2.43. The Morgan fingerprint density at radius 3 is 2.55 bits per heavy atom. The van der Waals surface area contributed by atoms with Crippen molar-refractivity contribution in [1.82, 2.24) is 29.6 Å². The number of rotatable bonds is 4. The molecular weight excluding hydrogens is 509 g/mol. The molecule has 202 valence electrons. The van der Waals surface area contributed by atoms with Gasteiger partial charge >= 0.3 is 0 Å². The molecular formula is C29H28FN9O. The minimum atomic E-state index is -0.432. The lowest BCUT2D eigenvalue weighted by Crippen LogP contribution is -2.56. The maximum Gasteiger partial charge on any atom is 0.226 e. The highest BCUT2D eigenvalue weighted by Gasteiger charge is 2.35. The molecule has 0 radical (unpaired) electrons. The van der Waals surface area contributed by atoms with Gasteiger partial charge in [0.1, 0.15) is 29.7 Å². The number of nitriles is 2. The highest BCUT2D eigenvalue weighted by atomic mass is 19.1. The number of nitrogens with zero attached hydrogens (tertiary/aromatic N) is 9. The number of carbonyl (C=O) groups excluding carboxylic acids is 1. The Kier molecular flexibility index (Phi) is 7.39. The largest absolute Gasteiger partial charge is 0.352 e. The predicted octanol–water partition coefficient (Wildman–Crippen LogP) is 4.08. The van der Waals surface area contributed by atoms with Crippen LogP contribution in [0.2, 0.25) is 0 Å². The average molecular weight is 538 g/mol. The third-order valence-corrected chi connectivity index (χ3v) is 7.72. The molecule has 40 heavy (non-hydrogen) atoms. The molecule has 0 N–H and O–H groups in total. The van der Waals surface area contributed by atoms with E-state index in [4.69, 9.17) is 10.2 Å². The number of halogens is 1. The van der Waals surface area contributed by atoms with Gasteiger partial charge in [-0.15, -0.1) is 0 Å². The number of hydrogen-bond donors (Lipinski definition) is 0. The summed E-state index contributed by atoms with van der Waals surface area (Å²) in [5, 5.41) is 21.2. The van der Waals surface area contributed by atoms with Gasteiger partial charge in [-0.25, -0.2) is 19.6 Å². The molecule has 4 heterocycles. The molecule has 3 aromatic heterocycles. The molecule has 1 amide bonds. The highest BCUT2D eigenvalue weighted by molar-refractivity contribution is 6.07. The van der Waals surface area contributed by atoms with E-state index in [1.54, 1.807) is 19.3 Å². The molecule has 6 rings (SSSR count). The molecule has 1 unspecified atom stereocenters. The second kappa shape index (κ2) is 11.1. The number of piperazine rings is 1. The van der Waals surface area contributed by atoms with Gasteiger partial charge in [-0.1, -0.05) is 12.5 Å². The number of hydrogen-bond acceptors (Lipinski definition) is 8. The summed E-state index contributed by atoms with van der Waals surface area (Å²) in [6.07, 6.45) is 7.42. The van der Waals surface area contributed by atoms with Crippen molar-refractivity contribution >= 4 is 22.6 Å². The smallest absolute Gasteiger partial charge is 0.226 e. The standard InChI is InChI=1S/C28H27FN8O.CHN/c1-17-15-36(8-9-37(17)28(38)18-4-3-5-18)27-25-22(19-10-20(29)14-31-13-19)6-7-23(26(25)32-16-33-27)24-11-21(12-30)35(2)34-24;1-2/h6-7,10-11,13-14,16-18H,3-5,8-9,15H2,1-2H3;1H. The maximum absolute atomic E-state index is 14.2. The first-order valence-corrected chi connectivity index (χ1v) is 13.1. The molecule has 1 atom stereocenters. The molecule has 1 aliphatic heterocycles. The highest BCUT2D eigenvalue weighted by Crippen LogP contribution is 2.39. The normalized spacial score (nSPS) is 17.1. The van der Waals surface area contributed by atoms with Gasteiger partial charge in [0.05, 0.1) is 22.8 Å². The first-order valence-electron chi connectivity index (χ1n) is 13.1. The number of aromatic nitrogens is 5. The summed E-state index contributed by atoms with van der Waals surface area (Å²) >= 11 is 0. The summed E-state index contributed by atoms with van der Waals surface area (Å²) in [6.45, 7) is 7.44. The van der Waals surface area contributed by atoms with Crippen molar-refractivity contribution in [3.8, 4) is 35.0 Å². The summed E-state index contributed by atoms with van der Waals surface area (Å²) < 4.78 is 15.8. The molecule has 0 spiro atoms. The van der Waals surface area contributed by atoms with E-state index >= 15 is 0 Å². The maximum atomic E-state index is 14.2. The molecule has 1 saturated carbocycles. The number of aryl methyl sites for hydroxylation is 1. The summed E-state index contributed by atoms with van der Waals surface area (Å²) in [5.74, 6) is 0.705. The van der Waals surface area contributed by atoms with Crippen molar-refractivity contribution in [1.29, 1.82) is 10.5 Å². The van der Waals surface area contributed by atoms with Gasteiger partial charge in [-0.2, -0.15) is 10.4 Å². The summed E-state index contributed by atoms with van der Waals surface area (Å²) in [4.78, 5) is 30.6. The average Bonchev–Trinajstić information content (AvgIpc) is 3.32. The van der Waals surface area contributed by atoms with E-state index in [-0.39, 0.29) is 17.9 Å². The Morgan fingerprint density at radius 2 is 1.90 bits per heavy atom. The van der Waals surface area contributed by atoms with Crippen LogP contribution < -0.4 is 4.90 Å². The molecule has 2 fully saturated rings. The van der Waals surface area contributed by atoms with Crippen LogP contribution in [0, 0.1) is 34.9 Å². The Labute approximate surface area is 231 Å². The van der Waals surface area contributed by atoms with Crippen LogP contribution in [0.3, 0.4) is 0 Å². The lowest BCUT2D eigenvalue weighted by molar-refractivity contribution is -0.140. The van der Waals surface area contributed by atoms with Gasteiger partial charge < -0.3 is 9.80 Å². The minimum Gasteiger partial charge on any atom is -0.352 e. The van der Waals surface area contributed by atoms with Crippen molar-refractivity contribution in [2.24, 2.45) is 13.0 Å². The van der Waals surface area contributed by atoms with E-state index in [9.17, 15) is 14.4 Å². The Hall–Kier alpha value is -4.90. The summed E-state index contributed by atoms with van der Waals surface area (Å²) in [5.41, 5.74) is 3.82. The molecule has 1 saturated heterocycles. The summed E-state index contributed by atoms with van der Waals surface area (Å²) in [7, 11) is 1.73. The lowest BCUT2D eigenvalue weighted by atomic mass is 9.84. The van der Waals surface area contributed by atoms with Crippen molar-refractivity contribution in [3.63, 3.8) is 0 Å². The third-order valence-electron chi connectivity index (χ3n) is 7.72. The number of fused-ring (bicyclic) bond motifs is 1. The molecule has 1 aromatic carbocycles. The van der Waals surface area contributed by atoms with Gasteiger partial charge in [0.15, 0.2) is 0 Å². The van der Waals surface area contributed by atoms with Crippen LogP contribution >= 0.6 is 0 Å². The molecule has 2 aliphatic rings. The van der Waals surface area contributed by atoms with E-state index in [1.165, 1.54) is 23.3 Å². The monoisotopic (exact) mass is 537 g/mol. The van der Waals surface area contributed by atoms with E-state index in [0.29, 0.717) is 42.1 Å². The van der Waals surface area contributed by atoms with Crippen molar-refractivity contribution in [2.45, 2.75) is 32.2 Å². The van der Waals surface area contributed by atoms with Crippen LogP contribution in [0.1, 0.15) is 31.9 Å². The number of carbonyl (C=O) groups is 1. The minimum absolute atomic E-state index is 0.0262. The zero-order chi connectivity index (χ0) is 28.4. The molecule has 10 nitrogen and oxygen atoms in total. The van der Waals surface area contributed by atoms with Crippen LogP contribution in [0.4, 0.5) is 10.2 Å². The molecule has 4 aromatic rings. The number of amides is 1. The topological polar surface area (TPSA) is 128 Å². The zero-order valence-electron chi connectivity index (χ0n) is 22.3. The van der Waals surface area contributed by atoms with Gasteiger partial charge in [0.25, 0.3) is 0 Å². The van der Waals surface area contributed by atoms with Gasteiger partial charge in [-0.3, -0.25) is 14.5 Å². The van der Waals surface area contributed by atoms with E-state index in [0.717, 1.165) is 41.6 Å². The van der Waals surface area contributed by atoms with Crippen molar-refractivity contribution in [2.75, 3.05) is 24.5 Å². The van der Waals surface area contributed by atoms with Crippen molar-refractivity contribution < 1.29 is 9.18 Å². The van der Waals surface area contributed by atoms with Gasteiger partial charge in [0, 0.05) is 68.6 Å². The number of pyridine rings is 1. The SMILES string of the molecule is C#N.CC1CN(c2ncnc3c(-c4cc(C#N)n(C)n4)ccc(-c4cncc(F)c4)c23)CCN1C(=O)C1CCC1. The van der Waals surface area contributed by atoms with Crippen LogP contribution in [-0.4, -0.2) is 61.2 Å². The Morgan fingerprint density at radius 1 is 1.12 bits per heavy atom. The Bertz CT molecular complexity index is 1640. The molecule has 11 heteroatoms. The van der Waals surface area contributed by atoms with Crippen LogP contribution in [-0.2, 0) is 11.8 Å². The first kappa shape index (κ1) is 26.7. The third kappa shape index (κ3) is 4.71. The molecule has 0 bridgehead atoms. The molecule has 1 aliphatic carbocycles. The fourth-order valence-corrected chi connectivity index (χ4v) is 5.47. The van der Waals surface area contributed by atoms with E-state index in [1.807, 2.05) is 17.0 Å². The second-order valence-corrected chi connectivity index (χ2v) is 10.1. The fourth-order valence-electron chi connectivity index (χ4n) is 5.47. The quantitative estimate of drug-likeness (QED) is 0.381. The summed E-state index contributed by atoms with van der Waals surface area (Å²) in [6, 6.07) is 9.15. The van der Waals surface area contributed by atoms with Gasteiger partial charge in [-0.05, 0) is 37.5 Å². The van der Waals surface area contributed by atoms with E-state index in [2.05, 4.69) is 39.5 Å².